The first-order chi connectivity index (χ1) is 10.5. The number of hydrogen-bond acceptors (Lipinski definition) is 3. The molecule has 23 heavy (non-hydrogen) atoms. The molecule has 4 nitrogen and oxygen atoms in total. The first-order valence-electron chi connectivity index (χ1n) is 8.01. The molecule has 3 rings (SSSR count). The molecule has 2 aliphatic rings. The Hall–Kier alpha value is -1.04. The number of carbonyl (C=O) groups excluding carboxylic acids is 1. The summed E-state index contributed by atoms with van der Waals surface area (Å²) in [6.45, 7) is 10.0. The van der Waals surface area contributed by atoms with Gasteiger partial charge in [0.2, 0.25) is 5.91 Å². The van der Waals surface area contributed by atoms with Crippen LogP contribution in [0, 0.1) is 5.41 Å². The monoisotopic (exact) mass is 335 g/mol. The molecule has 2 fully saturated rings. The van der Waals surface area contributed by atoms with E-state index in [9.17, 15) is 4.79 Å². The van der Waals surface area contributed by atoms with E-state index in [1.165, 1.54) is 0 Å². The number of amides is 1. The standard InChI is InChI=1S/C17H23BClNO3/c1-15(2)16(3,4)23-18(22-15)11-6-7-12(19)13(10-11)20-14(21)17(5)8-9-17/h6-7,10H,8-9H2,1-5H3,(H,20,21). The lowest BCUT2D eigenvalue weighted by molar-refractivity contribution is -0.120. The van der Waals surface area contributed by atoms with Crippen molar-refractivity contribution in [3.63, 3.8) is 0 Å². The van der Waals surface area contributed by atoms with Gasteiger partial charge in [0.25, 0.3) is 0 Å². The number of halogens is 1. The van der Waals surface area contributed by atoms with Crippen LogP contribution in [0.25, 0.3) is 0 Å². The van der Waals surface area contributed by atoms with Crippen molar-refractivity contribution in [1.82, 2.24) is 0 Å². The first kappa shape index (κ1) is 16.8. The van der Waals surface area contributed by atoms with Crippen molar-refractivity contribution in [1.29, 1.82) is 0 Å². The molecule has 6 heteroatoms. The zero-order valence-electron chi connectivity index (χ0n) is 14.3. The van der Waals surface area contributed by atoms with Gasteiger partial charge >= 0.3 is 7.12 Å². The molecule has 1 saturated heterocycles. The fraction of sp³-hybridized carbons (Fsp3) is 0.588. The predicted molar refractivity (Wildman–Crippen MR) is 93.1 cm³/mol. The summed E-state index contributed by atoms with van der Waals surface area (Å²) in [5, 5.41) is 3.45. The van der Waals surface area contributed by atoms with Crippen molar-refractivity contribution in [2.24, 2.45) is 5.41 Å². The highest BCUT2D eigenvalue weighted by Gasteiger charge is 2.52. The van der Waals surface area contributed by atoms with Crippen LogP contribution in [0.2, 0.25) is 5.02 Å². The van der Waals surface area contributed by atoms with E-state index in [-0.39, 0.29) is 11.3 Å². The molecule has 1 aliphatic carbocycles. The van der Waals surface area contributed by atoms with E-state index in [1.807, 2.05) is 46.8 Å². The maximum Gasteiger partial charge on any atom is 0.494 e. The van der Waals surface area contributed by atoms with Gasteiger partial charge < -0.3 is 14.6 Å². The van der Waals surface area contributed by atoms with E-state index in [0.29, 0.717) is 10.7 Å². The average Bonchev–Trinajstić information content (AvgIpc) is 3.14. The third-order valence-electron chi connectivity index (χ3n) is 5.31. The molecule has 1 aromatic carbocycles. The van der Waals surface area contributed by atoms with Gasteiger partial charge in [-0.05, 0) is 58.1 Å². The van der Waals surface area contributed by atoms with Gasteiger partial charge in [0.15, 0.2) is 0 Å². The highest BCUT2D eigenvalue weighted by molar-refractivity contribution is 6.62. The molecule has 0 bridgehead atoms. The second kappa shape index (κ2) is 5.23. The van der Waals surface area contributed by atoms with Gasteiger partial charge in [0.05, 0.1) is 21.9 Å². The van der Waals surface area contributed by atoms with Crippen LogP contribution in [-0.2, 0) is 14.1 Å². The minimum atomic E-state index is -0.468. The zero-order chi connectivity index (χ0) is 17.0. The van der Waals surface area contributed by atoms with Crippen LogP contribution in [0.15, 0.2) is 18.2 Å². The highest BCUT2D eigenvalue weighted by atomic mass is 35.5. The summed E-state index contributed by atoms with van der Waals surface area (Å²) in [5.74, 6) is 0.0190. The summed E-state index contributed by atoms with van der Waals surface area (Å²) in [6, 6.07) is 5.49. The number of anilines is 1. The Morgan fingerprint density at radius 2 is 1.70 bits per heavy atom. The van der Waals surface area contributed by atoms with Crippen molar-refractivity contribution in [2.75, 3.05) is 5.32 Å². The zero-order valence-corrected chi connectivity index (χ0v) is 15.1. The molecule has 0 spiro atoms. The molecule has 1 saturated carbocycles. The van der Waals surface area contributed by atoms with E-state index in [2.05, 4.69) is 5.32 Å². The lowest BCUT2D eigenvalue weighted by Gasteiger charge is -2.32. The number of carbonyl (C=O) groups is 1. The molecule has 0 atom stereocenters. The number of hydrogen-bond donors (Lipinski definition) is 1. The van der Waals surface area contributed by atoms with Gasteiger partial charge in [-0.2, -0.15) is 0 Å². The first-order valence-corrected chi connectivity index (χ1v) is 8.38. The Kier molecular flexibility index (Phi) is 3.82. The Balaban J connectivity index is 1.82. The van der Waals surface area contributed by atoms with Crippen LogP contribution in [0.4, 0.5) is 5.69 Å². The minimum Gasteiger partial charge on any atom is -0.399 e. The minimum absolute atomic E-state index is 0.0190. The van der Waals surface area contributed by atoms with Crippen LogP contribution in [0.1, 0.15) is 47.5 Å². The van der Waals surface area contributed by atoms with Gasteiger partial charge in [0.1, 0.15) is 0 Å². The van der Waals surface area contributed by atoms with Gasteiger partial charge in [0, 0.05) is 5.41 Å². The van der Waals surface area contributed by atoms with Crippen LogP contribution >= 0.6 is 11.6 Å². The van der Waals surface area contributed by atoms with Crippen molar-refractivity contribution in [3.05, 3.63) is 23.2 Å². The number of benzene rings is 1. The maximum atomic E-state index is 12.3. The molecule has 1 aromatic rings. The fourth-order valence-electron chi connectivity index (χ4n) is 2.45. The van der Waals surface area contributed by atoms with Gasteiger partial charge in [-0.3, -0.25) is 4.79 Å². The van der Waals surface area contributed by atoms with Crippen LogP contribution in [0.5, 0.6) is 0 Å². The van der Waals surface area contributed by atoms with Crippen molar-refractivity contribution < 1.29 is 14.1 Å². The van der Waals surface area contributed by atoms with E-state index >= 15 is 0 Å². The molecule has 124 valence electrons. The number of nitrogens with one attached hydrogen (secondary N) is 1. The van der Waals surface area contributed by atoms with Crippen molar-refractivity contribution in [3.8, 4) is 0 Å². The summed E-state index contributed by atoms with van der Waals surface area (Å²) < 4.78 is 12.1. The quantitative estimate of drug-likeness (QED) is 0.862. The largest absolute Gasteiger partial charge is 0.494 e. The van der Waals surface area contributed by atoms with Crippen LogP contribution < -0.4 is 10.8 Å². The topological polar surface area (TPSA) is 47.6 Å². The smallest absolute Gasteiger partial charge is 0.399 e. The lowest BCUT2D eigenvalue weighted by atomic mass is 9.79. The van der Waals surface area contributed by atoms with Crippen LogP contribution in [-0.4, -0.2) is 24.2 Å². The van der Waals surface area contributed by atoms with E-state index < -0.39 is 18.3 Å². The third kappa shape index (κ3) is 3.02. The summed E-state index contributed by atoms with van der Waals surface area (Å²) in [5.41, 5.74) is 0.412. The molecule has 0 unspecified atom stereocenters. The van der Waals surface area contributed by atoms with Gasteiger partial charge in [-0.1, -0.05) is 24.6 Å². The fourth-order valence-corrected chi connectivity index (χ4v) is 2.62. The van der Waals surface area contributed by atoms with Gasteiger partial charge in [-0.15, -0.1) is 0 Å². The molecule has 1 N–H and O–H groups in total. The SMILES string of the molecule is CC1(C(=O)Nc2cc(B3OC(C)(C)C(C)(C)O3)ccc2Cl)CC1. The summed E-state index contributed by atoms with van der Waals surface area (Å²) in [4.78, 5) is 12.3. The molecule has 1 heterocycles. The Labute approximate surface area is 143 Å². The Bertz CT molecular complexity index is 639. The van der Waals surface area contributed by atoms with Gasteiger partial charge in [-0.25, -0.2) is 0 Å². The molecular formula is C17H23BClNO3. The number of rotatable bonds is 3. The van der Waals surface area contributed by atoms with E-state index in [4.69, 9.17) is 20.9 Å². The molecular weight excluding hydrogens is 312 g/mol. The predicted octanol–water partition coefficient (Wildman–Crippen LogP) is 3.38. The molecule has 1 amide bonds. The molecule has 1 aliphatic heterocycles. The Morgan fingerprint density at radius 1 is 1.13 bits per heavy atom. The van der Waals surface area contributed by atoms with Crippen molar-refractivity contribution >= 4 is 35.8 Å². The maximum absolute atomic E-state index is 12.3. The highest BCUT2D eigenvalue weighted by Crippen LogP contribution is 2.46. The third-order valence-corrected chi connectivity index (χ3v) is 5.64. The second-order valence-corrected chi connectivity index (χ2v) is 8.25. The van der Waals surface area contributed by atoms with E-state index in [0.717, 1.165) is 18.3 Å². The lowest BCUT2D eigenvalue weighted by Crippen LogP contribution is -2.41. The summed E-state index contributed by atoms with van der Waals surface area (Å²) in [7, 11) is -0.468. The van der Waals surface area contributed by atoms with Crippen molar-refractivity contribution in [2.45, 2.75) is 58.7 Å². The van der Waals surface area contributed by atoms with Crippen LogP contribution in [0.3, 0.4) is 0 Å². The summed E-state index contributed by atoms with van der Waals surface area (Å²) >= 11 is 6.23. The molecule has 0 aromatic heterocycles. The average molecular weight is 336 g/mol. The summed E-state index contributed by atoms with van der Waals surface area (Å²) in [6.07, 6.45) is 1.85. The Morgan fingerprint density at radius 3 is 2.22 bits per heavy atom. The second-order valence-electron chi connectivity index (χ2n) is 7.84. The van der Waals surface area contributed by atoms with E-state index in [1.54, 1.807) is 6.07 Å². The molecule has 0 radical (unpaired) electrons. The normalized spacial score (nSPS) is 23.7.